The molecule has 1 N–H and O–H groups in total. The van der Waals surface area contributed by atoms with E-state index >= 15 is 4.39 Å². The summed E-state index contributed by atoms with van der Waals surface area (Å²) in [5.74, 6) is -1.98. The molecule has 0 amide bonds. The van der Waals surface area contributed by atoms with Gasteiger partial charge in [0.25, 0.3) is 0 Å². The molecule has 0 bridgehead atoms. The Bertz CT molecular complexity index is 1210. The maximum Gasteiger partial charge on any atom is 0.417 e. The molecule has 32 heavy (non-hydrogen) atoms. The summed E-state index contributed by atoms with van der Waals surface area (Å²) in [4.78, 5) is 4.31. The van der Waals surface area contributed by atoms with Crippen LogP contribution in [0.4, 0.5) is 22.0 Å². The molecule has 0 spiro atoms. The second-order valence-corrected chi connectivity index (χ2v) is 9.89. The van der Waals surface area contributed by atoms with Gasteiger partial charge in [-0.1, -0.05) is 0 Å². The van der Waals surface area contributed by atoms with E-state index in [0.29, 0.717) is 22.7 Å². The minimum atomic E-state index is -4.86. The fraction of sp³-hybridized carbons (Fsp3) is 0.409. The van der Waals surface area contributed by atoms with Gasteiger partial charge in [-0.3, -0.25) is 0 Å². The minimum absolute atomic E-state index is 0.126. The van der Waals surface area contributed by atoms with Crippen molar-refractivity contribution in [2.24, 2.45) is 0 Å². The highest BCUT2D eigenvalue weighted by molar-refractivity contribution is 7.83. The van der Waals surface area contributed by atoms with Gasteiger partial charge in [0.15, 0.2) is 0 Å². The molecule has 2 aromatic heterocycles. The lowest BCUT2D eigenvalue weighted by molar-refractivity contribution is -0.137. The lowest BCUT2D eigenvalue weighted by Crippen LogP contribution is -2.20. The number of halogens is 5. The minimum Gasteiger partial charge on any atom is -0.329 e. The second-order valence-electron chi connectivity index (χ2n) is 8.34. The van der Waals surface area contributed by atoms with Crippen molar-refractivity contribution in [1.82, 2.24) is 14.3 Å². The number of aromatic nitrogens is 2. The van der Waals surface area contributed by atoms with Crippen molar-refractivity contribution in [3.05, 3.63) is 53.2 Å². The van der Waals surface area contributed by atoms with Gasteiger partial charge in [-0.2, -0.15) is 13.2 Å². The normalized spacial score (nSPS) is 18.2. The number of alkyl halides is 3. The lowest BCUT2D eigenvalue weighted by Gasteiger charge is -2.27. The van der Waals surface area contributed by atoms with Crippen molar-refractivity contribution >= 4 is 22.0 Å². The van der Waals surface area contributed by atoms with Gasteiger partial charge in [0, 0.05) is 35.0 Å². The molecular formula is C22H20F5N3OS. The average Bonchev–Trinajstić information content (AvgIpc) is 3.49. The van der Waals surface area contributed by atoms with E-state index in [4.69, 9.17) is 0 Å². The quantitative estimate of drug-likeness (QED) is 0.475. The van der Waals surface area contributed by atoms with Gasteiger partial charge >= 0.3 is 6.18 Å². The van der Waals surface area contributed by atoms with Crippen molar-refractivity contribution < 1.29 is 26.2 Å². The first-order valence-electron chi connectivity index (χ1n) is 10.4. The molecule has 1 unspecified atom stereocenters. The molecule has 2 heterocycles. The Kier molecular flexibility index (Phi) is 5.32. The molecule has 1 atom stereocenters. The van der Waals surface area contributed by atoms with E-state index in [9.17, 15) is 21.8 Å². The molecule has 2 saturated carbocycles. The van der Waals surface area contributed by atoms with Crippen molar-refractivity contribution in [3.8, 4) is 11.3 Å². The fourth-order valence-electron chi connectivity index (χ4n) is 3.99. The van der Waals surface area contributed by atoms with Gasteiger partial charge < -0.3 is 4.57 Å². The first-order chi connectivity index (χ1) is 15.2. The summed E-state index contributed by atoms with van der Waals surface area (Å²) in [5, 5.41) is 0.602. The zero-order valence-corrected chi connectivity index (χ0v) is 17.7. The Morgan fingerprint density at radius 3 is 2.50 bits per heavy atom. The average molecular weight is 469 g/mol. The molecular weight excluding hydrogens is 449 g/mol. The lowest BCUT2D eigenvalue weighted by atomic mass is 9.93. The summed E-state index contributed by atoms with van der Waals surface area (Å²) >= 11 is 0. The third kappa shape index (κ3) is 3.94. The number of pyridine rings is 1. The van der Waals surface area contributed by atoms with E-state index in [-0.39, 0.29) is 17.8 Å². The Morgan fingerprint density at radius 1 is 1.12 bits per heavy atom. The van der Waals surface area contributed by atoms with Gasteiger partial charge in [-0.25, -0.2) is 22.7 Å². The van der Waals surface area contributed by atoms with E-state index in [1.807, 2.05) is 10.8 Å². The largest absolute Gasteiger partial charge is 0.417 e. The Balaban J connectivity index is 1.62. The summed E-state index contributed by atoms with van der Waals surface area (Å²) in [6.07, 6.45) is 1.57. The van der Waals surface area contributed by atoms with Crippen LogP contribution in [0.15, 0.2) is 30.5 Å². The summed E-state index contributed by atoms with van der Waals surface area (Å²) in [6.45, 7) is 0.240. The third-order valence-electron chi connectivity index (χ3n) is 6.08. The molecule has 0 saturated heterocycles. The molecule has 0 radical (unpaired) electrons. The molecule has 2 aliphatic rings. The van der Waals surface area contributed by atoms with Crippen LogP contribution in [0.25, 0.3) is 22.3 Å². The van der Waals surface area contributed by atoms with Crippen molar-refractivity contribution in [3.63, 3.8) is 0 Å². The molecule has 170 valence electrons. The molecule has 5 rings (SSSR count). The second kappa shape index (κ2) is 7.91. The molecule has 1 aromatic carbocycles. The van der Waals surface area contributed by atoms with Crippen LogP contribution in [0.3, 0.4) is 0 Å². The van der Waals surface area contributed by atoms with Crippen LogP contribution in [0, 0.1) is 11.6 Å². The number of benzene rings is 1. The van der Waals surface area contributed by atoms with E-state index < -0.39 is 45.6 Å². The molecule has 0 aliphatic heterocycles. The smallest absolute Gasteiger partial charge is 0.329 e. The molecule has 10 heteroatoms. The third-order valence-corrected chi connectivity index (χ3v) is 7.59. The highest BCUT2D eigenvalue weighted by Crippen LogP contribution is 2.40. The first-order valence-corrected chi connectivity index (χ1v) is 11.6. The number of hydrogen-bond donors (Lipinski definition) is 1. The highest BCUT2D eigenvalue weighted by atomic mass is 32.2. The SMILES string of the molecule is O=S(NCc1cn(C2CCC2)c2nc(-c3ccc(F)cc3C(F)(F)F)c(F)cc12)C1CC1. The summed E-state index contributed by atoms with van der Waals surface area (Å²) in [6, 6.07) is 3.43. The zero-order chi connectivity index (χ0) is 22.6. The maximum absolute atomic E-state index is 15.1. The molecule has 3 aromatic rings. The zero-order valence-electron chi connectivity index (χ0n) is 16.9. The molecule has 2 fully saturated rings. The monoisotopic (exact) mass is 469 g/mol. The van der Waals surface area contributed by atoms with E-state index in [1.54, 1.807) is 0 Å². The van der Waals surface area contributed by atoms with Crippen LogP contribution in [0.5, 0.6) is 0 Å². The number of nitrogens with one attached hydrogen (secondary N) is 1. The van der Waals surface area contributed by atoms with Crippen LogP contribution in [-0.4, -0.2) is 19.0 Å². The summed E-state index contributed by atoms with van der Waals surface area (Å²) in [7, 11) is -1.18. The van der Waals surface area contributed by atoms with Crippen LogP contribution in [-0.2, 0) is 23.7 Å². The standard InChI is InChI=1S/C22H20F5N3OS/c23-13-4-7-16(18(8-13)22(25,26)27)20-19(24)9-17-12(10-28-32(31)15-5-6-15)11-30(21(17)29-20)14-2-1-3-14/h4,7-9,11,14-15,28H,1-3,5-6,10H2. The first kappa shape index (κ1) is 21.5. The summed E-state index contributed by atoms with van der Waals surface area (Å²) in [5.41, 5.74) is -1.18. The maximum atomic E-state index is 15.1. The Labute approximate surface area is 183 Å². The topological polar surface area (TPSA) is 46.9 Å². The Hall–Kier alpha value is -2.33. The highest BCUT2D eigenvalue weighted by Gasteiger charge is 2.36. The van der Waals surface area contributed by atoms with Gasteiger partial charge in [-0.05, 0) is 61.9 Å². The Morgan fingerprint density at radius 2 is 1.88 bits per heavy atom. The van der Waals surface area contributed by atoms with Gasteiger partial charge in [0.1, 0.15) is 23.0 Å². The number of nitrogens with zero attached hydrogens (tertiary/aromatic N) is 2. The van der Waals surface area contributed by atoms with Crippen molar-refractivity contribution in [2.75, 3.05) is 0 Å². The van der Waals surface area contributed by atoms with Crippen LogP contribution < -0.4 is 4.72 Å². The van der Waals surface area contributed by atoms with Gasteiger partial charge in [-0.15, -0.1) is 0 Å². The molecule has 4 nitrogen and oxygen atoms in total. The van der Waals surface area contributed by atoms with Gasteiger partial charge in [0.05, 0.1) is 16.5 Å². The van der Waals surface area contributed by atoms with Crippen LogP contribution in [0.2, 0.25) is 0 Å². The number of hydrogen-bond acceptors (Lipinski definition) is 2. The van der Waals surface area contributed by atoms with Crippen LogP contribution >= 0.6 is 0 Å². The van der Waals surface area contributed by atoms with Crippen molar-refractivity contribution in [1.29, 1.82) is 0 Å². The van der Waals surface area contributed by atoms with Gasteiger partial charge in [0.2, 0.25) is 0 Å². The van der Waals surface area contributed by atoms with E-state index in [0.717, 1.165) is 44.2 Å². The van der Waals surface area contributed by atoms with Crippen molar-refractivity contribution in [2.45, 2.75) is 56.1 Å². The number of fused-ring (bicyclic) bond motifs is 1. The summed E-state index contributed by atoms with van der Waals surface area (Å²) < 4.78 is 86.2. The van der Waals surface area contributed by atoms with Crippen LogP contribution in [0.1, 0.15) is 49.3 Å². The molecule has 2 aliphatic carbocycles. The fourth-order valence-corrected chi connectivity index (χ4v) is 5.09. The predicted octanol–water partition coefficient (Wildman–Crippen LogP) is 5.64. The number of rotatable bonds is 6. The van der Waals surface area contributed by atoms with E-state index in [2.05, 4.69) is 9.71 Å². The predicted molar refractivity (Wildman–Crippen MR) is 111 cm³/mol. The van der Waals surface area contributed by atoms with E-state index in [1.165, 1.54) is 6.07 Å².